The van der Waals surface area contributed by atoms with Crippen LogP contribution in [0.5, 0.6) is 17.2 Å². The number of carbonyl (C=O) groups excluding carboxylic acids is 1. The fraction of sp³-hybridized carbons (Fsp3) is 0.185. The third-order valence-corrected chi connectivity index (χ3v) is 5.38. The van der Waals surface area contributed by atoms with Gasteiger partial charge >= 0.3 is 0 Å². The molecule has 0 unspecified atom stereocenters. The quantitative estimate of drug-likeness (QED) is 0.265. The highest BCUT2D eigenvalue weighted by Gasteiger charge is 2.14. The minimum atomic E-state index is -0.528. The molecule has 3 rings (SSSR count). The van der Waals surface area contributed by atoms with Crippen molar-refractivity contribution in [3.8, 4) is 23.3 Å². The molecule has 0 heterocycles. The van der Waals surface area contributed by atoms with Gasteiger partial charge in [0.25, 0.3) is 5.91 Å². The van der Waals surface area contributed by atoms with Crippen molar-refractivity contribution >= 4 is 33.6 Å². The number of ether oxygens (including phenoxy) is 3. The Balaban J connectivity index is 1.80. The summed E-state index contributed by atoms with van der Waals surface area (Å²) in [6.45, 7) is 4.61. The second-order valence-corrected chi connectivity index (χ2v) is 8.30. The molecule has 0 saturated carbocycles. The molecule has 0 bridgehead atoms. The number of aryl methyl sites for hydroxylation is 1. The monoisotopic (exact) mass is 520 g/mol. The molecule has 0 fully saturated rings. The first kappa shape index (κ1) is 24.9. The van der Waals surface area contributed by atoms with Crippen molar-refractivity contribution in [1.82, 2.24) is 0 Å². The number of nitriles is 1. The van der Waals surface area contributed by atoms with E-state index >= 15 is 0 Å². The highest BCUT2D eigenvalue weighted by atomic mass is 79.9. The summed E-state index contributed by atoms with van der Waals surface area (Å²) in [6, 6.07) is 20.6. The first-order valence-electron chi connectivity index (χ1n) is 10.7. The van der Waals surface area contributed by atoms with Crippen LogP contribution < -0.4 is 19.5 Å². The number of benzene rings is 3. The third-order valence-electron chi connectivity index (χ3n) is 4.85. The summed E-state index contributed by atoms with van der Waals surface area (Å²) in [5.74, 6) is 1.10. The number of anilines is 1. The van der Waals surface area contributed by atoms with Crippen LogP contribution >= 0.6 is 15.9 Å². The van der Waals surface area contributed by atoms with Crippen molar-refractivity contribution in [1.29, 1.82) is 5.26 Å². The van der Waals surface area contributed by atoms with Crippen LogP contribution in [0.15, 0.2) is 70.7 Å². The third kappa shape index (κ3) is 6.63. The lowest BCUT2D eigenvalue weighted by Gasteiger charge is -2.13. The fourth-order valence-corrected chi connectivity index (χ4v) is 3.43. The molecule has 3 aromatic rings. The average Bonchev–Trinajstić information content (AvgIpc) is 2.83. The summed E-state index contributed by atoms with van der Waals surface area (Å²) in [7, 11) is 1.52. The summed E-state index contributed by atoms with van der Waals surface area (Å²) >= 11 is 3.42. The van der Waals surface area contributed by atoms with E-state index in [0.717, 1.165) is 15.6 Å². The van der Waals surface area contributed by atoms with E-state index in [9.17, 15) is 10.1 Å². The lowest BCUT2D eigenvalue weighted by molar-refractivity contribution is -0.112. The molecule has 0 aliphatic rings. The zero-order valence-electron chi connectivity index (χ0n) is 19.2. The Morgan fingerprint density at radius 1 is 1.03 bits per heavy atom. The SMILES string of the molecule is CCOc1cc(/C=C(\C#N)C(=O)Nc2cc(C)ccc2OC)ccc1OCc1ccc(Br)cc1. The van der Waals surface area contributed by atoms with Gasteiger partial charge in [-0.1, -0.05) is 40.2 Å². The van der Waals surface area contributed by atoms with Gasteiger partial charge in [0, 0.05) is 4.47 Å². The van der Waals surface area contributed by atoms with E-state index < -0.39 is 5.91 Å². The molecule has 3 aromatic carbocycles. The van der Waals surface area contributed by atoms with Gasteiger partial charge in [-0.25, -0.2) is 0 Å². The number of amides is 1. The molecule has 1 amide bonds. The van der Waals surface area contributed by atoms with Gasteiger partial charge in [-0.05, 0) is 73.0 Å². The maximum atomic E-state index is 12.8. The first-order chi connectivity index (χ1) is 16.4. The summed E-state index contributed by atoms with van der Waals surface area (Å²) in [6.07, 6.45) is 1.51. The molecule has 6 nitrogen and oxygen atoms in total. The number of nitrogens with one attached hydrogen (secondary N) is 1. The summed E-state index contributed by atoms with van der Waals surface area (Å²) in [5.41, 5.74) is 3.07. The highest BCUT2D eigenvalue weighted by Crippen LogP contribution is 2.31. The predicted octanol–water partition coefficient (Wildman–Crippen LogP) is 6.29. The van der Waals surface area contributed by atoms with Crippen LogP contribution in [0.25, 0.3) is 6.08 Å². The van der Waals surface area contributed by atoms with Gasteiger partial charge in [0.2, 0.25) is 0 Å². The van der Waals surface area contributed by atoms with Crippen molar-refractivity contribution < 1.29 is 19.0 Å². The zero-order valence-corrected chi connectivity index (χ0v) is 20.8. The van der Waals surface area contributed by atoms with Crippen LogP contribution in [0.2, 0.25) is 0 Å². The van der Waals surface area contributed by atoms with Crippen molar-refractivity contribution in [3.05, 3.63) is 87.4 Å². The average molecular weight is 521 g/mol. The van der Waals surface area contributed by atoms with Gasteiger partial charge in [0.1, 0.15) is 24.0 Å². The Morgan fingerprint density at radius 3 is 2.44 bits per heavy atom. The van der Waals surface area contributed by atoms with E-state index in [1.807, 2.05) is 50.2 Å². The molecule has 0 aliphatic carbocycles. The lowest BCUT2D eigenvalue weighted by Crippen LogP contribution is -2.14. The molecule has 0 saturated heterocycles. The van der Waals surface area contributed by atoms with Gasteiger partial charge < -0.3 is 19.5 Å². The molecule has 0 aromatic heterocycles. The Bertz CT molecular complexity index is 1230. The van der Waals surface area contributed by atoms with Gasteiger partial charge in [-0.3, -0.25) is 4.79 Å². The smallest absolute Gasteiger partial charge is 0.266 e. The Labute approximate surface area is 207 Å². The van der Waals surface area contributed by atoms with Crippen LogP contribution in [0, 0.1) is 18.3 Å². The standard InChI is InChI=1S/C27H25BrN2O4/c1-4-33-26-15-20(8-12-25(26)34-17-19-6-9-22(28)10-7-19)14-21(16-29)27(31)30-23-13-18(2)5-11-24(23)32-3/h5-15H,4,17H2,1-3H3,(H,30,31)/b21-14+. The molecule has 174 valence electrons. The summed E-state index contributed by atoms with van der Waals surface area (Å²) < 4.78 is 18.0. The first-order valence-corrected chi connectivity index (χ1v) is 11.4. The Morgan fingerprint density at radius 2 is 1.76 bits per heavy atom. The van der Waals surface area contributed by atoms with Gasteiger partial charge in [-0.15, -0.1) is 0 Å². The van der Waals surface area contributed by atoms with E-state index in [0.29, 0.717) is 41.7 Å². The van der Waals surface area contributed by atoms with E-state index in [-0.39, 0.29) is 5.57 Å². The molecule has 0 aliphatic heterocycles. The lowest BCUT2D eigenvalue weighted by atomic mass is 10.1. The number of methoxy groups -OCH3 is 1. The molecule has 0 atom stereocenters. The van der Waals surface area contributed by atoms with Gasteiger partial charge in [0.15, 0.2) is 11.5 Å². The highest BCUT2D eigenvalue weighted by molar-refractivity contribution is 9.10. The van der Waals surface area contributed by atoms with Crippen LogP contribution in [-0.4, -0.2) is 19.6 Å². The number of hydrogen-bond donors (Lipinski definition) is 1. The normalized spacial score (nSPS) is 10.9. The van der Waals surface area contributed by atoms with Crippen molar-refractivity contribution in [2.75, 3.05) is 19.0 Å². The second kappa shape index (κ2) is 11.9. The number of carbonyl (C=O) groups is 1. The van der Waals surface area contributed by atoms with Crippen molar-refractivity contribution in [2.24, 2.45) is 0 Å². The predicted molar refractivity (Wildman–Crippen MR) is 136 cm³/mol. The number of rotatable bonds is 9. The fourth-order valence-electron chi connectivity index (χ4n) is 3.17. The molecule has 0 radical (unpaired) electrons. The Kier molecular flexibility index (Phi) is 8.72. The van der Waals surface area contributed by atoms with Crippen molar-refractivity contribution in [2.45, 2.75) is 20.5 Å². The van der Waals surface area contributed by atoms with Crippen molar-refractivity contribution in [3.63, 3.8) is 0 Å². The molecule has 0 spiro atoms. The summed E-state index contributed by atoms with van der Waals surface area (Å²) in [4.78, 5) is 12.8. The topological polar surface area (TPSA) is 80.6 Å². The van der Waals surface area contributed by atoms with Gasteiger partial charge in [0.05, 0.1) is 19.4 Å². The maximum absolute atomic E-state index is 12.8. The van der Waals surface area contributed by atoms with Crippen LogP contribution in [0.1, 0.15) is 23.6 Å². The number of nitrogens with zero attached hydrogens (tertiary/aromatic N) is 1. The van der Waals surface area contributed by atoms with E-state index in [1.165, 1.54) is 13.2 Å². The molecular weight excluding hydrogens is 496 g/mol. The summed E-state index contributed by atoms with van der Waals surface area (Å²) in [5, 5.41) is 12.4. The van der Waals surface area contributed by atoms with E-state index in [2.05, 4.69) is 21.2 Å². The molecule has 34 heavy (non-hydrogen) atoms. The molecular formula is C27H25BrN2O4. The van der Waals surface area contributed by atoms with Gasteiger partial charge in [-0.2, -0.15) is 5.26 Å². The van der Waals surface area contributed by atoms with Crippen LogP contribution in [0.4, 0.5) is 5.69 Å². The minimum absolute atomic E-state index is 0.0467. The van der Waals surface area contributed by atoms with Crippen LogP contribution in [-0.2, 0) is 11.4 Å². The number of halogens is 1. The Hall–Kier alpha value is -3.76. The second-order valence-electron chi connectivity index (χ2n) is 7.38. The maximum Gasteiger partial charge on any atom is 0.266 e. The number of hydrogen-bond acceptors (Lipinski definition) is 5. The van der Waals surface area contributed by atoms with E-state index in [1.54, 1.807) is 30.3 Å². The van der Waals surface area contributed by atoms with E-state index in [4.69, 9.17) is 14.2 Å². The molecule has 1 N–H and O–H groups in total. The van der Waals surface area contributed by atoms with Crippen LogP contribution in [0.3, 0.4) is 0 Å². The minimum Gasteiger partial charge on any atom is -0.495 e. The largest absolute Gasteiger partial charge is 0.495 e. The molecule has 7 heteroatoms. The zero-order chi connectivity index (χ0) is 24.5.